The Kier molecular flexibility index (Phi) is 1.80. The molecule has 3 rings (SSSR count). The van der Waals surface area contributed by atoms with E-state index in [0.29, 0.717) is 13.0 Å². The van der Waals surface area contributed by atoms with Gasteiger partial charge in [0.05, 0.1) is 11.4 Å². The van der Waals surface area contributed by atoms with Crippen LogP contribution < -0.4 is 0 Å². The minimum absolute atomic E-state index is 0.285. The molecule has 1 aliphatic rings. The van der Waals surface area contributed by atoms with E-state index < -0.39 is 11.9 Å². The summed E-state index contributed by atoms with van der Waals surface area (Å²) >= 11 is 0. The highest BCUT2D eigenvalue weighted by Gasteiger charge is 2.30. The maximum atomic E-state index is 13.1. The number of carboxylic acid groups (broad SMARTS) is 1. The molecule has 0 saturated carbocycles. The first-order valence-electron chi connectivity index (χ1n) is 5.18. The first kappa shape index (κ1) is 9.39. The van der Waals surface area contributed by atoms with E-state index in [4.69, 9.17) is 5.11 Å². The van der Waals surface area contributed by atoms with Crippen LogP contribution in [0.3, 0.4) is 0 Å². The molecule has 1 aromatic heterocycles. The van der Waals surface area contributed by atoms with Crippen LogP contribution in [0.25, 0.3) is 10.9 Å². The summed E-state index contributed by atoms with van der Waals surface area (Å²) in [6, 6.07) is 6.40. The van der Waals surface area contributed by atoms with Gasteiger partial charge in [-0.3, -0.25) is 4.79 Å². The Labute approximate surface area is 91.1 Å². The van der Waals surface area contributed by atoms with E-state index in [9.17, 15) is 9.18 Å². The molecule has 0 spiro atoms. The standard InChI is InChI=1S/C12H10FNO2/c13-8-2-1-7-5-11-9(12(15)16)3-4-14(11)10(7)6-8/h1-2,5-6,9H,3-4H2,(H,15,16). The number of carbonyl (C=O) groups is 1. The third kappa shape index (κ3) is 1.16. The molecule has 0 saturated heterocycles. The van der Waals surface area contributed by atoms with Crippen LogP contribution in [0.4, 0.5) is 4.39 Å². The van der Waals surface area contributed by atoms with Crippen molar-refractivity contribution in [1.82, 2.24) is 4.57 Å². The van der Waals surface area contributed by atoms with Crippen molar-refractivity contribution in [3.05, 3.63) is 35.8 Å². The maximum Gasteiger partial charge on any atom is 0.312 e. The average Bonchev–Trinajstić information content (AvgIpc) is 2.76. The molecule has 0 radical (unpaired) electrons. The van der Waals surface area contributed by atoms with Gasteiger partial charge in [-0.2, -0.15) is 0 Å². The number of aliphatic carboxylic acids is 1. The summed E-state index contributed by atoms with van der Waals surface area (Å²) in [4.78, 5) is 11.0. The number of halogens is 1. The van der Waals surface area contributed by atoms with Crippen LogP contribution in [0.15, 0.2) is 24.3 Å². The minimum atomic E-state index is -0.804. The van der Waals surface area contributed by atoms with Crippen molar-refractivity contribution in [2.45, 2.75) is 18.9 Å². The largest absolute Gasteiger partial charge is 0.481 e. The SMILES string of the molecule is O=C(O)C1CCn2c1cc1ccc(F)cc12. The highest BCUT2D eigenvalue weighted by molar-refractivity contribution is 5.85. The Morgan fingerprint density at radius 1 is 1.44 bits per heavy atom. The molecule has 1 atom stereocenters. The molecule has 16 heavy (non-hydrogen) atoms. The Morgan fingerprint density at radius 3 is 3.00 bits per heavy atom. The number of rotatable bonds is 1. The van der Waals surface area contributed by atoms with Gasteiger partial charge in [0, 0.05) is 17.6 Å². The molecule has 82 valence electrons. The van der Waals surface area contributed by atoms with Crippen molar-refractivity contribution >= 4 is 16.9 Å². The number of aryl methyl sites for hydroxylation is 1. The molecular weight excluding hydrogens is 209 g/mol. The van der Waals surface area contributed by atoms with Gasteiger partial charge in [-0.25, -0.2) is 4.39 Å². The summed E-state index contributed by atoms with van der Waals surface area (Å²) < 4.78 is 15.0. The second-order valence-corrected chi connectivity index (χ2v) is 4.10. The van der Waals surface area contributed by atoms with Crippen LogP contribution in [-0.2, 0) is 11.3 Å². The number of benzene rings is 1. The predicted molar refractivity (Wildman–Crippen MR) is 56.9 cm³/mol. The van der Waals surface area contributed by atoms with Gasteiger partial charge in [0.1, 0.15) is 5.82 Å². The maximum absolute atomic E-state index is 13.1. The van der Waals surface area contributed by atoms with Crippen LogP contribution in [-0.4, -0.2) is 15.6 Å². The molecule has 1 aromatic carbocycles. The van der Waals surface area contributed by atoms with Crippen molar-refractivity contribution in [3.63, 3.8) is 0 Å². The van der Waals surface area contributed by atoms with Gasteiger partial charge in [0.25, 0.3) is 0 Å². The summed E-state index contributed by atoms with van der Waals surface area (Å²) in [7, 11) is 0. The molecule has 0 bridgehead atoms. The van der Waals surface area contributed by atoms with Crippen LogP contribution >= 0.6 is 0 Å². The Bertz CT molecular complexity index is 588. The predicted octanol–water partition coefficient (Wildman–Crippen LogP) is 2.35. The van der Waals surface area contributed by atoms with Crippen LogP contribution in [0.2, 0.25) is 0 Å². The van der Waals surface area contributed by atoms with E-state index >= 15 is 0 Å². The summed E-state index contributed by atoms with van der Waals surface area (Å²) in [5.74, 6) is -1.54. The third-order valence-corrected chi connectivity index (χ3v) is 3.19. The van der Waals surface area contributed by atoms with Gasteiger partial charge in [0.15, 0.2) is 0 Å². The van der Waals surface area contributed by atoms with E-state index in [0.717, 1.165) is 16.6 Å². The monoisotopic (exact) mass is 219 g/mol. The molecule has 1 unspecified atom stereocenters. The van der Waals surface area contributed by atoms with E-state index in [1.165, 1.54) is 12.1 Å². The lowest BCUT2D eigenvalue weighted by atomic mass is 10.0. The summed E-state index contributed by atoms with van der Waals surface area (Å²) in [5.41, 5.74) is 1.58. The summed E-state index contributed by atoms with van der Waals surface area (Å²) in [5, 5.41) is 9.96. The van der Waals surface area contributed by atoms with Crippen LogP contribution in [0.1, 0.15) is 18.0 Å². The Balaban J connectivity index is 2.25. The lowest BCUT2D eigenvalue weighted by molar-refractivity contribution is -0.138. The molecule has 1 aliphatic heterocycles. The molecule has 3 nitrogen and oxygen atoms in total. The van der Waals surface area contributed by atoms with E-state index in [-0.39, 0.29) is 5.82 Å². The Morgan fingerprint density at radius 2 is 2.25 bits per heavy atom. The van der Waals surface area contributed by atoms with Gasteiger partial charge < -0.3 is 9.67 Å². The zero-order valence-electron chi connectivity index (χ0n) is 8.48. The zero-order chi connectivity index (χ0) is 11.3. The second-order valence-electron chi connectivity index (χ2n) is 4.10. The fourth-order valence-corrected chi connectivity index (χ4v) is 2.44. The van der Waals surface area contributed by atoms with Crippen molar-refractivity contribution in [1.29, 1.82) is 0 Å². The van der Waals surface area contributed by atoms with Crippen molar-refractivity contribution in [2.75, 3.05) is 0 Å². The number of carboxylic acids is 1. The van der Waals surface area contributed by atoms with Crippen molar-refractivity contribution in [3.8, 4) is 0 Å². The second kappa shape index (κ2) is 3.07. The van der Waals surface area contributed by atoms with Gasteiger partial charge in [-0.05, 0) is 30.7 Å². The topological polar surface area (TPSA) is 42.2 Å². The van der Waals surface area contributed by atoms with Gasteiger partial charge >= 0.3 is 5.97 Å². The quantitative estimate of drug-likeness (QED) is 0.799. The molecule has 2 heterocycles. The summed E-state index contributed by atoms with van der Waals surface area (Å²) in [6.45, 7) is 0.652. The van der Waals surface area contributed by atoms with Crippen molar-refractivity contribution in [2.24, 2.45) is 0 Å². The van der Waals surface area contributed by atoms with E-state index in [1.807, 2.05) is 10.6 Å². The molecular formula is C12H10FNO2. The first-order valence-corrected chi connectivity index (χ1v) is 5.18. The minimum Gasteiger partial charge on any atom is -0.481 e. The third-order valence-electron chi connectivity index (χ3n) is 3.19. The smallest absolute Gasteiger partial charge is 0.312 e. The van der Waals surface area contributed by atoms with Crippen LogP contribution in [0.5, 0.6) is 0 Å². The van der Waals surface area contributed by atoms with Crippen molar-refractivity contribution < 1.29 is 14.3 Å². The highest BCUT2D eigenvalue weighted by atomic mass is 19.1. The molecule has 2 aromatic rings. The molecule has 0 amide bonds. The number of nitrogens with zero attached hydrogens (tertiary/aromatic N) is 1. The number of hydrogen-bond acceptors (Lipinski definition) is 1. The normalized spacial score (nSPS) is 18.9. The molecule has 4 heteroatoms. The number of aromatic nitrogens is 1. The molecule has 0 aliphatic carbocycles. The van der Waals surface area contributed by atoms with E-state index in [2.05, 4.69) is 0 Å². The Hall–Kier alpha value is -1.84. The number of hydrogen-bond donors (Lipinski definition) is 1. The first-order chi connectivity index (χ1) is 7.66. The average molecular weight is 219 g/mol. The lowest BCUT2D eigenvalue weighted by Gasteiger charge is -2.00. The highest BCUT2D eigenvalue weighted by Crippen LogP contribution is 2.34. The summed E-state index contributed by atoms with van der Waals surface area (Å²) in [6.07, 6.45) is 0.594. The zero-order valence-corrected chi connectivity index (χ0v) is 8.48. The van der Waals surface area contributed by atoms with E-state index in [1.54, 1.807) is 6.07 Å². The van der Waals surface area contributed by atoms with Gasteiger partial charge in [-0.15, -0.1) is 0 Å². The fourth-order valence-electron chi connectivity index (χ4n) is 2.44. The van der Waals surface area contributed by atoms with Crippen LogP contribution in [0, 0.1) is 5.82 Å². The molecule has 1 N–H and O–H groups in total. The van der Waals surface area contributed by atoms with Gasteiger partial charge in [-0.1, -0.05) is 0 Å². The fraction of sp³-hybridized carbons (Fsp3) is 0.250. The lowest BCUT2D eigenvalue weighted by Crippen LogP contribution is -2.07. The van der Waals surface area contributed by atoms with Gasteiger partial charge in [0.2, 0.25) is 0 Å². The number of fused-ring (bicyclic) bond motifs is 3. The molecule has 0 fully saturated rings.